The predicted octanol–water partition coefficient (Wildman–Crippen LogP) is 0.824. The SMILES string of the molecule is CCOC(=O)CCN1C(=O)NC(=O)C(CC)(CC)C1=O. The summed E-state index contributed by atoms with van der Waals surface area (Å²) in [5.41, 5.74) is -1.22. The first-order valence-corrected chi connectivity index (χ1v) is 6.75. The summed E-state index contributed by atoms with van der Waals surface area (Å²) in [5, 5.41) is 2.18. The Labute approximate surface area is 117 Å². The Morgan fingerprint density at radius 1 is 1.20 bits per heavy atom. The molecule has 0 spiro atoms. The zero-order valence-corrected chi connectivity index (χ0v) is 12.0. The molecule has 20 heavy (non-hydrogen) atoms. The topological polar surface area (TPSA) is 92.8 Å². The van der Waals surface area contributed by atoms with Crippen molar-refractivity contribution >= 4 is 23.8 Å². The van der Waals surface area contributed by atoms with Gasteiger partial charge < -0.3 is 4.74 Å². The molecule has 1 saturated heterocycles. The third kappa shape index (κ3) is 2.81. The van der Waals surface area contributed by atoms with Gasteiger partial charge in [0.05, 0.1) is 13.0 Å². The number of barbiturate groups is 1. The molecule has 1 N–H and O–H groups in total. The molecule has 4 amide bonds. The van der Waals surface area contributed by atoms with Crippen molar-refractivity contribution in [3.8, 4) is 0 Å². The highest BCUT2D eigenvalue weighted by Crippen LogP contribution is 2.32. The zero-order valence-electron chi connectivity index (χ0n) is 12.0. The molecule has 0 aromatic carbocycles. The first-order valence-electron chi connectivity index (χ1n) is 6.75. The predicted molar refractivity (Wildman–Crippen MR) is 69.5 cm³/mol. The summed E-state index contributed by atoms with van der Waals surface area (Å²) >= 11 is 0. The molecule has 0 aliphatic carbocycles. The maximum absolute atomic E-state index is 12.4. The number of urea groups is 1. The van der Waals surface area contributed by atoms with Crippen LogP contribution in [0.2, 0.25) is 0 Å². The number of nitrogens with one attached hydrogen (secondary N) is 1. The normalized spacial score (nSPS) is 17.9. The fourth-order valence-corrected chi connectivity index (χ4v) is 2.24. The Kier molecular flexibility index (Phi) is 5.24. The van der Waals surface area contributed by atoms with E-state index >= 15 is 0 Å². The first-order chi connectivity index (χ1) is 9.42. The minimum Gasteiger partial charge on any atom is -0.466 e. The van der Waals surface area contributed by atoms with Gasteiger partial charge in [0.15, 0.2) is 0 Å². The van der Waals surface area contributed by atoms with Crippen molar-refractivity contribution < 1.29 is 23.9 Å². The highest BCUT2D eigenvalue weighted by Gasteiger charge is 2.51. The summed E-state index contributed by atoms with van der Waals surface area (Å²) in [6, 6.07) is -0.776. The Hall–Kier alpha value is -1.92. The summed E-state index contributed by atoms with van der Waals surface area (Å²) in [6.07, 6.45) is 0.527. The van der Waals surface area contributed by atoms with Crippen LogP contribution in [0.3, 0.4) is 0 Å². The molecule has 7 nitrogen and oxygen atoms in total. The maximum Gasteiger partial charge on any atom is 0.330 e. The molecule has 0 radical (unpaired) electrons. The molecule has 0 saturated carbocycles. The van der Waals surface area contributed by atoms with Crippen LogP contribution in [0.4, 0.5) is 4.79 Å². The zero-order chi connectivity index (χ0) is 15.3. The maximum atomic E-state index is 12.4. The monoisotopic (exact) mass is 284 g/mol. The molecule has 1 rings (SSSR count). The molecule has 1 heterocycles. The molecule has 1 aliphatic heterocycles. The van der Waals surface area contributed by atoms with Crippen LogP contribution in [0.15, 0.2) is 0 Å². The van der Waals surface area contributed by atoms with Gasteiger partial charge in [-0.2, -0.15) is 0 Å². The molecule has 0 aromatic rings. The van der Waals surface area contributed by atoms with E-state index < -0.39 is 29.2 Å². The summed E-state index contributed by atoms with van der Waals surface area (Å²) < 4.78 is 4.75. The lowest BCUT2D eigenvalue weighted by Crippen LogP contribution is -2.63. The second-order valence-electron chi connectivity index (χ2n) is 4.56. The summed E-state index contributed by atoms with van der Waals surface area (Å²) in [7, 11) is 0. The van der Waals surface area contributed by atoms with Crippen LogP contribution in [-0.2, 0) is 19.1 Å². The van der Waals surface area contributed by atoms with Gasteiger partial charge in [-0.05, 0) is 19.8 Å². The number of esters is 1. The minimum atomic E-state index is -1.22. The fraction of sp³-hybridized carbons (Fsp3) is 0.692. The lowest BCUT2D eigenvalue weighted by molar-refractivity contribution is -0.152. The van der Waals surface area contributed by atoms with E-state index in [0.29, 0.717) is 12.8 Å². The lowest BCUT2D eigenvalue weighted by atomic mass is 9.78. The number of imide groups is 2. The van der Waals surface area contributed by atoms with Crippen molar-refractivity contribution in [2.75, 3.05) is 13.2 Å². The molecule has 112 valence electrons. The third-order valence-electron chi connectivity index (χ3n) is 3.61. The number of hydrogen-bond acceptors (Lipinski definition) is 5. The van der Waals surface area contributed by atoms with Gasteiger partial charge in [-0.25, -0.2) is 4.79 Å². The van der Waals surface area contributed by atoms with Crippen molar-refractivity contribution in [3.63, 3.8) is 0 Å². The van der Waals surface area contributed by atoms with Crippen LogP contribution in [0, 0.1) is 5.41 Å². The van der Waals surface area contributed by atoms with Crippen molar-refractivity contribution in [1.29, 1.82) is 0 Å². The number of hydrogen-bond donors (Lipinski definition) is 1. The minimum absolute atomic E-state index is 0.0787. The molecule has 1 aliphatic rings. The van der Waals surface area contributed by atoms with Crippen LogP contribution in [0.5, 0.6) is 0 Å². The van der Waals surface area contributed by atoms with Crippen molar-refractivity contribution in [2.24, 2.45) is 5.41 Å². The van der Waals surface area contributed by atoms with Gasteiger partial charge in [-0.15, -0.1) is 0 Å². The van der Waals surface area contributed by atoms with Gasteiger partial charge in [0.2, 0.25) is 11.8 Å². The number of nitrogens with zero attached hydrogens (tertiary/aromatic N) is 1. The molecular formula is C13H20N2O5. The smallest absolute Gasteiger partial charge is 0.330 e. The van der Waals surface area contributed by atoms with E-state index in [0.717, 1.165) is 4.90 Å². The second-order valence-corrected chi connectivity index (χ2v) is 4.56. The van der Waals surface area contributed by atoms with Crippen molar-refractivity contribution in [3.05, 3.63) is 0 Å². The third-order valence-corrected chi connectivity index (χ3v) is 3.61. The number of ether oxygens (including phenoxy) is 1. The van der Waals surface area contributed by atoms with Crippen LogP contribution in [-0.4, -0.2) is 41.9 Å². The second kappa shape index (κ2) is 6.49. The first kappa shape index (κ1) is 16.1. The number of rotatable bonds is 6. The van der Waals surface area contributed by atoms with E-state index in [1.807, 2.05) is 0 Å². The van der Waals surface area contributed by atoms with E-state index in [1.165, 1.54) is 0 Å². The van der Waals surface area contributed by atoms with Crippen LogP contribution >= 0.6 is 0 Å². The Balaban J connectivity index is 2.85. The van der Waals surface area contributed by atoms with Crippen LogP contribution in [0.25, 0.3) is 0 Å². The summed E-state index contributed by atoms with van der Waals surface area (Å²) in [4.78, 5) is 48.3. The summed E-state index contributed by atoms with van der Waals surface area (Å²) in [6.45, 7) is 5.28. The van der Waals surface area contributed by atoms with Gasteiger partial charge in [0.1, 0.15) is 5.41 Å². The van der Waals surface area contributed by atoms with Crippen LogP contribution in [0.1, 0.15) is 40.0 Å². The van der Waals surface area contributed by atoms with Gasteiger partial charge in [-0.1, -0.05) is 13.8 Å². The van der Waals surface area contributed by atoms with Gasteiger partial charge in [0.25, 0.3) is 0 Å². The highest BCUT2D eigenvalue weighted by atomic mass is 16.5. The number of carbonyl (C=O) groups excluding carboxylic acids is 4. The van der Waals surface area contributed by atoms with Gasteiger partial charge >= 0.3 is 12.0 Å². The van der Waals surface area contributed by atoms with E-state index in [4.69, 9.17) is 4.74 Å². The Morgan fingerprint density at radius 2 is 1.80 bits per heavy atom. The van der Waals surface area contributed by atoms with E-state index in [9.17, 15) is 19.2 Å². The quantitative estimate of drug-likeness (QED) is 0.576. The Bertz CT molecular complexity index is 428. The molecule has 0 bridgehead atoms. The standard InChI is InChI=1S/C13H20N2O5/c1-4-13(5-2)10(17)14-12(19)15(11(13)18)8-7-9(16)20-6-3/h4-8H2,1-3H3,(H,14,17,19). The molecule has 0 unspecified atom stereocenters. The van der Waals surface area contributed by atoms with E-state index in [1.54, 1.807) is 20.8 Å². The summed E-state index contributed by atoms with van der Waals surface area (Å²) in [5.74, 6) is -1.59. The molecular weight excluding hydrogens is 264 g/mol. The van der Waals surface area contributed by atoms with Crippen LogP contribution < -0.4 is 5.32 Å². The van der Waals surface area contributed by atoms with Crippen molar-refractivity contribution in [2.45, 2.75) is 40.0 Å². The molecule has 1 fully saturated rings. The van der Waals surface area contributed by atoms with E-state index in [2.05, 4.69) is 5.32 Å². The Morgan fingerprint density at radius 3 is 2.30 bits per heavy atom. The lowest BCUT2D eigenvalue weighted by Gasteiger charge is -2.38. The van der Waals surface area contributed by atoms with E-state index in [-0.39, 0.29) is 19.6 Å². The van der Waals surface area contributed by atoms with Crippen molar-refractivity contribution in [1.82, 2.24) is 10.2 Å². The number of carbonyl (C=O) groups is 4. The van der Waals surface area contributed by atoms with Gasteiger partial charge in [0, 0.05) is 6.54 Å². The number of amides is 4. The fourth-order valence-electron chi connectivity index (χ4n) is 2.24. The largest absolute Gasteiger partial charge is 0.466 e. The average molecular weight is 284 g/mol. The highest BCUT2D eigenvalue weighted by molar-refractivity contribution is 6.19. The average Bonchev–Trinajstić information content (AvgIpc) is 2.40. The van der Waals surface area contributed by atoms with Gasteiger partial charge in [-0.3, -0.25) is 24.6 Å². The molecule has 0 atom stereocenters. The molecule has 0 aromatic heterocycles. The molecule has 7 heteroatoms.